The summed E-state index contributed by atoms with van der Waals surface area (Å²) in [4.78, 5) is 27.2. The molecular weight excluding hydrogens is 374 g/mol. The Labute approximate surface area is 180 Å². The van der Waals surface area contributed by atoms with Crippen molar-refractivity contribution >= 4 is 17.5 Å². The highest BCUT2D eigenvalue weighted by Gasteiger charge is 2.23. The molecule has 0 heterocycles. The van der Waals surface area contributed by atoms with Crippen LogP contribution in [0.2, 0.25) is 0 Å². The SMILES string of the molecule is CCC[C@@H](NC(=O)[C@H](C)N(C)CC(=O)Nc1c(C)cc(C)cc1C)c1ccccc1. The van der Waals surface area contributed by atoms with E-state index in [2.05, 4.69) is 29.7 Å². The first-order valence-electron chi connectivity index (χ1n) is 10.7. The third-order valence-corrected chi connectivity index (χ3v) is 5.47. The van der Waals surface area contributed by atoms with E-state index in [4.69, 9.17) is 0 Å². The van der Waals surface area contributed by atoms with Crippen LogP contribution < -0.4 is 10.6 Å². The number of hydrogen-bond donors (Lipinski definition) is 2. The van der Waals surface area contributed by atoms with Crippen molar-refractivity contribution in [2.45, 2.75) is 59.5 Å². The topological polar surface area (TPSA) is 61.4 Å². The van der Waals surface area contributed by atoms with E-state index in [0.717, 1.165) is 35.2 Å². The van der Waals surface area contributed by atoms with E-state index >= 15 is 0 Å². The van der Waals surface area contributed by atoms with Gasteiger partial charge in [-0.05, 0) is 57.9 Å². The number of nitrogens with one attached hydrogen (secondary N) is 2. The van der Waals surface area contributed by atoms with Gasteiger partial charge in [0, 0.05) is 5.69 Å². The minimum Gasteiger partial charge on any atom is -0.348 e. The molecule has 0 fully saturated rings. The van der Waals surface area contributed by atoms with Gasteiger partial charge in [0.25, 0.3) is 0 Å². The Balaban J connectivity index is 1.98. The zero-order valence-electron chi connectivity index (χ0n) is 19.1. The minimum atomic E-state index is -0.418. The van der Waals surface area contributed by atoms with Crippen molar-refractivity contribution in [1.29, 1.82) is 0 Å². The first-order valence-corrected chi connectivity index (χ1v) is 10.7. The molecule has 0 aliphatic rings. The molecule has 0 saturated carbocycles. The van der Waals surface area contributed by atoms with E-state index in [1.165, 1.54) is 5.56 Å². The molecule has 2 aromatic carbocycles. The minimum absolute atomic E-state index is 0.0220. The predicted octanol–water partition coefficient (Wildman–Crippen LogP) is 4.53. The largest absolute Gasteiger partial charge is 0.348 e. The van der Waals surface area contributed by atoms with Crippen LogP contribution in [0.4, 0.5) is 5.69 Å². The molecule has 0 unspecified atom stereocenters. The van der Waals surface area contributed by atoms with Crippen molar-refractivity contribution in [1.82, 2.24) is 10.2 Å². The van der Waals surface area contributed by atoms with Crippen LogP contribution in [0, 0.1) is 20.8 Å². The number of carbonyl (C=O) groups excluding carboxylic acids is 2. The maximum atomic E-state index is 12.8. The summed E-state index contributed by atoms with van der Waals surface area (Å²) in [5.74, 6) is -0.198. The second kappa shape index (κ2) is 10.9. The van der Waals surface area contributed by atoms with Crippen molar-refractivity contribution < 1.29 is 9.59 Å². The monoisotopic (exact) mass is 409 g/mol. The summed E-state index contributed by atoms with van der Waals surface area (Å²) in [6.45, 7) is 10.1. The van der Waals surface area contributed by atoms with Crippen LogP contribution in [0.1, 0.15) is 55.0 Å². The van der Waals surface area contributed by atoms with Crippen molar-refractivity contribution in [2.75, 3.05) is 18.9 Å². The number of benzene rings is 2. The summed E-state index contributed by atoms with van der Waals surface area (Å²) in [7, 11) is 1.80. The molecule has 2 aromatic rings. The molecule has 0 radical (unpaired) electrons. The maximum absolute atomic E-state index is 12.8. The number of rotatable bonds is 9. The molecule has 0 aromatic heterocycles. The molecule has 2 amide bonds. The van der Waals surface area contributed by atoms with Gasteiger partial charge in [0.2, 0.25) is 11.8 Å². The normalized spacial score (nSPS) is 13.0. The average Bonchev–Trinajstić information content (AvgIpc) is 2.70. The first-order chi connectivity index (χ1) is 14.2. The number of hydrogen-bond acceptors (Lipinski definition) is 3. The summed E-state index contributed by atoms with van der Waals surface area (Å²) in [5, 5.41) is 6.16. The Morgan fingerprint density at radius 2 is 1.63 bits per heavy atom. The molecule has 0 spiro atoms. The molecule has 5 heteroatoms. The van der Waals surface area contributed by atoms with E-state index in [-0.39, 0.29) is 24.4 Å². The van der Waals surface area contributed by atoms with Gasteiger partial charge >= 0.3 is 0 Å². The Kier molecular flexibility index (Phi) is 8.60. The van der Waals surface area contributed by atoms with E-state index in [1.54, 1.807) is 11.9 Å². The lowest BCUT2D eigenvalue weighted by atomic mass is 10.0. The Morgan fingerprint density at radius 3 is 2.20 bits per heavy atom. The molecular formula is C25H35N3O2. The molecule has 0 saturated heterocycles. The van der Waals surface area contributed by atoms with Crippen LogP contribution in [0.15, 0.2) is 42.5 Å². The van der Waals surface area contributed by atoms with Gasteiger partial charge < -0.3 is 10.6 Å². The number of amides is 2. The van der Waals surface area contributed by atoms with Crippen molar-refractivity contribution in [3.63, 3.8) is 0 Å². The highest BCUT2D eigenvalue weighted by Crippen LogP contribution is 2.22. The van der Waals surface area contributed by atoms with Crippen molar-refractivity contribution in [2.24, 2.45) is 0 Å². The molecule has 30 heavy (non-hydrogen) atoms. The highest BCUT2D eigenvalue weighted by molar-refractivity contribution is 5.94. The fraction of sp³-hybridized carbons (Fsp3) is 0.440. The number of aryl methyl sites for hydroxylation is 3. The molecule has 5 nitrogen and oxygen atoms in total. The average molecular weight is 410 g/mol. The molecule has 0 bridgehead atoms. The lowest BCUT2D eigenvalue weighted by Crippen LogP contribution is -2.46. The zero-order chi connectivity index (χ0) is 22.3. The molecule has 0 aliphatic heterocycles. The van der Waals surface area contributed by atoms with Crippen LogP contribution in [0.5, 0.6) is 0 Å². The van der Waals surface area contributed by atoms with Gasteiger partial charge in [-0.1, -0.05) is 61.4 Å². The van der Waals surface area contributed by atoms with E-state index in [1.807, 2.05) is 58.0 Å². The smallest absolute Gasteiger partial charge is 0.238 e. The second-order valence-corrected chi connectivity index (χ2v) is 8.17. The summed E-state index contributed by atoms with van der Waals surface area (Å²) >= 11 is 0. The lowest BCUT2D eigenvalue weighted by molar-refractivity contribution is -0.127. The van der Waals surface area contributed by atoms with Crippen LogP contribution in [0.25, 0.3) is 0 Å². The van der Waals surface area contributed by atoms with Gasteiger partial charge in [0.05, 0.1) is 18.6 Å². The number of nitrogens with zero attached hydrogens (tertiary/aromatic N) is 1. The third-order valence-electron chi connectivity index (χ3n) is 5.47. The number of anilines is 1. The number of carbonyl (C=O) groups is 2. The van der Waals surface area contributed by atoms with Gasteiger partial charge in [0.1, 0.15) is 0 Å². The predicted molar refractivity (Wildman–Crippen MR) is 124 cm³/mol. The zero-order valence-corrected chi connectivity index (χ0v) is 19.1. The van der Waals surface area contributed by atoms with Gasteiger partial charge in [-0.25, -0.2) is 0 Å². The maximum Gasteiger partial charge on any atom is 0.238 e. The molecule has 2 N–H and O–H groups in total. The second-order valence-electron chi connectivity index (χ2n) is 8.17. The molecule has 0 aliphatic carbocycles. The van der Waals surface area contributed by atoms with Gasteiger partial charge in [-0.15, -0.1) is 0 Å². The standard InChI is InChI=1S/C25H35N3O2/c1-7-11-22(21-12-9-8-10-13-21)26-25(30)20(5)28(6)16-23(29)27-24-18(3)14-17(2)15-19(24)4/h8-10,12-15,20,22H,7,11,16H2,1-6H3,(H,26,30)(H,27,29)/t20-,22+/m0/s1. The number of likely N-dealkylation sites (N-methyl/N-ethyl adjacent to an activating group) is 1. The first kappa shape index (κ1) is 23.6. The summed E-state index contributed by atoms with van der Waals surface area (Å²) in [5.41, 5.74) is 5.21. The lowest BCUT2D eigenvalue weighted by Gasteiger charge is -2.26. The molecule has 2 rings (SSSR count). The fourth-order valence-electron chi connectivity index (χ4n) is 3.71. The third kappa shape index (κ3) is 6.42. The Morgan fingerprint density at radius 1 is 1.03 bits per heavy atom. The van der Waals surface area contributed by atoms with Crippen LogP contribution in [-0.4, -0.2) is 36.3 Å². The quantitative estimate of drug-likeness (QED) is 0.640. The van der Waals surface area contributed by atoms with Crippen LogP contribution in [-0.2, 0) is 9.59 Å². The van der Waals surface area contributed by atoms with E-state index < -0.39 is 6.04 Å². The van der Waals surface area contributed by atoms with Crippen molar-refractivity contribution in [3.8, 4) is 0 Å². The molecule has 162 valence electrons. The van der Waals surface area contributed by atoms with Crippen LogP contribution in [0.3, 0.4) is 0 Å². The van der Waals surface area contributed by atoms with Gasteiger partial charge in [0.15, 0.2) is 0 Å². The summed E-state index contributed by atoms with van der Waals surface area (Å²) in [6, 6.07) is 13.7. The summed E-state index contributed by atoms with van der Waals surface area (Å²) in [6.07, 6.45) is 1.85. The fourth-order valence-corrected chi connectivity index (χ4v) is 3.71. The molecule has 2 atom stereocenters. The van der Waals surface area contributed by atoms with E-state index in [0.29, 0.717) is 0 Å². The van der Waals surface area contributed by atoms with Gasteiger partial charge in [-0.3, -0.25) is 14.5 Å². The Bertz CT molecular complexity index is 841. The van der Waals surface area contributed by atoms with E-state index in [9.17, 15) is 9.59 Å². The Hall–Kier alpha value is -2.66. The van der Waals surface area contributed by atoms with Gasteiger partial charge in [-0.2, -0.15) is 0 Å². The summed E-state index contributed by atoms with van der Waals surface area (Å²) < 4.78 is 0. The highest BCUT2D eigenvalue weighted by atomic mass is 16.2. The van der Waals surface area contributed by atoms with Crippen molar-refractivity contribution in [3.05, 3.63) is 64.7 Å². The van der Waals surface area contributed by atoms with Crippen LogP contribution >= 0.6 is 0 Å².